The average Bonchev–Trinajstić information content (AvgIpc) is 2.57. The van der Waals surface area contributed by atoms with Crippen molar-refractivity contribution in [2.45, 2.75) is 25.4 Å². The number of carbonyl (C=O) groups is 1. The summed E-state index contributed by atoms with van der Waals surface area (Å²) < 4.78 is 12.9. The Morgan fingerprint density at radius 2 is 2.04 bits per heavy atom. The predicted molar refractivity (Wildman–Crippen MR) is 85.3 cm³/mol. The minimum absolute atomic E-state index is 0.0331. The van der Waals surface area contributed by atoms with Crippen molar-refractivity contribution in [2.24, 2.45) is 5.10 Å². The number of hydrogen-bond acceptors (Lipinski definition) is 4. The number of nitrogens with one attached hydrogen (secondary N) is 1. The molecular weight excluding hydrogens is 297 g/mol. The third kappa shape index (κ3) is 4.03. The molecule has 2 aliphatic heterocycles. The Balaban J connectivity index is 1.56. The molecule has 3 rings (SSSR count). The molecule has 5 nitrogen and oxygen atoms in total. The highest BCUT2D eigenvalue weighted by molar-refractivity contribution is 6.03. The van der Waals surface area contributed by atoms with E-state index in [1.807, 2.05) is 0 Å². The van der Waals surface area contributed by atoms with Crippen LogP contribution < -0.4 is 5.43 Å². The van der Waals surface area contributed by atoms with Crippen molar-refractivity contribution in [3.05, 3.63) is 47.3 Å². The molecule has 0 spiro atoms. The number of benzene rings is 1. The third-order valence-electron chi connectivity index (χ3n) is 4.25. The first-order valence-corrected chi connectivity index (χ1v) is 7.82. The molecule has 0 fully saturated rings. The zero-order chi connectivity index (χ0) is 16.2. The van der Waals surface area contributed by atoms with Gasteiger partial charge in [0, 0.05) is 32.5 Å². The van der Waals surface area contributed by atoms with E-state index in [2.05, 4.69) is 21.5 Å². The predicted octanol–water partition coefficient (Wildman–Crippen LogP) is 1.76. The topological polar surface area (TPSA) is 64.9 Å². The monoisotopic (exact) mass is 317 g/mol. The van der Waals surface area contributed by atoms with E-state index in [0.29, 0.717) is 19.4 Å². The molecule has 2 N–H and O–H groups in total. The van der Waals surface area contributed by atoms with Crippen LogP contribution in [-0.2, 0) is 4.79 Å². The SMILES string of the molecule is O=C1CCC(C2=CCN(CC(O)c3ccc(F)cc3)CC2)=NN1. The molecule has 0 aliphatic carbocycles. The lowest BCUT2D eigenvalue weighted by Crippen LogP contribution is -2.35. The maximum Gasteiger partial charge on any atom is 0.240 e. The number of carbonyl (C=O) groups excluding carboxylic acids is 1. The highest BCUT2D eigenvalue weighted by Gasteiger charge is 2.21. The number of nitrogens with zero attached hydrogens (tertiary/aromatic N) is 2. The maximum atomic E-state index is 12.9. The van der Waals surface area contributed by atoms with E-state index >= 15 is 0 Å². The van der Waals surface area contributed by atoms with Crippen molar-refractivity contribution in [3.8, 4) is 0 Å². The number of aliphatic hydroxyl groups excluding tert-OH is 1. The van der Waals surface area contributed by atoms with Crippen molar-refractivity contribution in [2.75, 3.05) is 19.6 Å². The summed E-state index contributed by atoms with van der Waals surface area (Å²) in [5, 5.41) is 14.4. The summed E-state index contributed by atoms with van der Waals surface area (Å²) in [6.07, 6.45) is 3.51. The molecule has 0 saturated carbocycles. The van der Waals surface area contributed by atoms with E-state index < -0.39 is 6.10 Å². The van der Waals surface area contributed by atoms with Crippen molar-refractivity contribution < 1.29 is 14.3 Å². The van der Waals surface area contributed by atoms with Crippen LogP contribution in [0.1, 0.15) is 30.9 Å². The van der Waals surface area contributed by atoms with Gasteiger partial charge < -0.3 is 5.11 Å². The molecule has 1 unspecified atom stereocenters. The van der Waals surface area contributed by atoms with Gasteiger partial charge in [0.05, 0.1) is 11.8 Å². The summed E-state index contributed by atoms with van der Waals surface area (Å²) in [6.45, 7) is 2.08. The Morgan fingerprint density at radius 1 is 1.26 bits per heavy atom. The molecule has 1 aromatic rings. The van der Waals surface area contributed by atoms with Crippen molar-refractivity contribution in [1.82, 2.24) is 10.3 Å². The fourth-order valence-electron chi connectivity index (χ4n) is 2.88. The Kier molecular flexibility index (Phi) is 4.83. The molecule has 1 atom stereocenters. The fourth-order valence-corrected chi connectivity index (χ4v) is 2.88. The van der Waals surface area contributed by atoms with Crippen molar-refractivity contribution in [3.63, 3.8) is 0 Å². The molecular formula is C17H20FN3O2. The van der Waals surface area contributed by atoms with Gasteiger partial charge in [-0.1, -0.05) is 18.2 Å². The maximum absolute atomic E-state index is 12.9. The number of hydrazone groups is 1. The van der Waals surface area contributed by atoms with E-state index in [1.54, 1.807) is 12.1 Å². The van der Waals surface area contributed by atoms with Crippen LogP contribution in [0, 0.1) is 5.82 Å². The van der Waals surface area contributed by atoms with Gasteiger partial charge in [0.15, 0.2) is 0 Å². The zero-order valence-corrected chi connectivity index (χ0v) is 12.8. The van der Waals surface area contributed by atoms with Crippen LogP contribution >= 0.6 is 0 Å². The first-order chi connectivity index (χ1) is 11.1. The summed E-state index contributed by atoms with van der Waals surface area (Å²) in [5.41, 5.74) is 5.39. The van der Waals surface area contributed by atoms with Gasteiger partial charge >= 0.3 is 0 Å². The lowest BCUT2D eigenvalue weighted by Gasteiger charge is -2.29. The lowest BCUT2D eigenvalue weighted by molar-refractivity contribution is -0.121. The van der Waals surface area contributed by atoms with Gasteiger partial charge in [0.2, 0.25) is 5.91 Å². The van der Waals surface area contributed by atoms with Crippen LogP contribution in [0.3, 0.4) is 0 Å². The summed E-state index contributed by atoms with van der Waals surface area (Å²) in [7, 11) is 0. The van der Waals surface area contributed by atoms with Gasteiger partial charge in [-0.25, -0.2) is 9.82 Å². The van der Waals surface area contributed by atoms with E-state index in [-0.39, 0.29) is 11.7 Å². The van der Waals surface area contributed by atoms with Gasteiger partial charge in [-0.15, -0.1) is 0 Å². The van der Waals surface area contributed by atoms with Crippen LogP contribution in [0.2, 0.25) is 0 Å². The minimum atomic E-state index is -0.628. The molecule has 1 amide bonds. The molecule has 122 valence electrons. The second-order valence-electron chi connectivity index (χ2n) is 5.90. The standard InChI is InChI=1S/C17H20FN3O2/c18-14-3-1-13(2-4-14)16(22)11-21-9-7-12(8-10-21)15-5-6-17(23)20-19-15/h1-4,7,16,22H,5-6,8-11H2,(H,20,23). The van der Waals surface area contributed by atoms with Crippen molar-refractivity contribution >= 4 is 11.6 Å². The van der Waals surface area contributed by atoms with E-state index in [9.17, 15) is 14.3 Å². The van der Waals surface area contributed by atoms with Crippen LogP contribution in [0.5, 0.6) is 0 Å². The Labute approximate surface area is 134 Å². The number of β-amino-alcohol motifs (C(OH)–C–C–N with tert-alkyl or cyclic N) is 1. The molecule has 0 aromatic heterocycles. The number of rotatable bonds is 4. The lowest BCUT2D eigenvalue weighted by atomic mass is 9.98. The van der Waals surface area contributed by atoms with Crippen LogP contribution in [0.15, 0.2) is 41.0 Å². The van der Waals surface area contributed by atoms with Gasteiger partial charge in [0.25, 0.3) is 0 Å². The molecule has 0 radical (unpaired) electrons. The second-order valence-corrected chi connectivity index (χ2v) is 5.90. The number of hydrogen-bond donors (Lipinski definition) is 2. The molecule has 2 heterocycles. The molecule has 0 bridgehead atoms. The Morgan fingerprint density at radius 3 is 2.65 bits per heavy atom. The normalized spacial score (nSPS) is 20.5. The zero-order valence-electron chi connectivity index (χ0n) is 12.8. The smallest absolute Gasteiger partial charge is 0.240 e. The Hall–Kier alpha value is -2.05. The molecule has 2 aliphatic rings. The third-order valence-corrected chi connectivity index (χ3v) is 4.25. The Bertz CT molecular complexity index is 640. The van der Waals surface area contributed by atoms with E-state index in [0.717, 1.165) is 30.8 Å². The van der Waals surface area contributed by atoms with Gasteiger partial charge in [-0.3, -0.25) is 9.69 Å². The van der Waals surface area contributed by atoms with Crippen molar-refractivity contribution in [1.29, 1.82) is 0 Å². The molecule has 0 saturated heterocycles. The average molecular weight is 317 g/mol. The van der Waals surface area contributed by atoms with Crippen LogP contribution in [-0.4, -0.2) is 41.3 Å². The van der Waals surface area contributed by atoms with Gasteiger partial charge in [-0.2, -0.15) is 5.10 Å². The highest BCUT2D eigenvalue weighted by Crippen LogP contribution is 2.20. The minimum Gasteiger partial charge on any atom is -0.387 e. The van der Waals surface area contributed by atoms with E-state index in [4.69, 9.17) is 0 Å². The first kappa shape index (κ1) is 15.8. The van der Waals surface area contributed by atoms with Crippen LogP contribution in [0.4, 0.5) is 4.39 Å². The highest BCUT2D eigenvalue weighted by atomic mass is 19.1. The quantitative estimate of drug-likeness (QED) is 0.889. The largest absolute Gasteiger partial charge is 0.387 e. The summed E-state index contributed by atoms with van der Waals surface area (Å²) in [4.78, 5) is 13.3. The van der Waals surface area contributed by atoms with Gasteiger partial charge in [0.1, 0.15) is 5.82 Å². The van der Waals surface area contributed by atoms with Gasteiger partial charge in [-0.05, 0) is 29.7 Å². The fraction of sp³-hybridized carbons (Fsp3) is 0.412. The molecule has 23 heavy (non-hydrogen) atoms. The molecule has 6 heteroatoms. The first-order valence-electron chi connectivity index (χ1n) is 7.82. The summed E-state index contributed by atoms with van der Waals surface area (Å²) >= 11 is 0. The number of halogens is 1. The summed E-state index contributed by atoms with van der Waals surface area (Å²) in [5.74, 6) is -0.332. The van der Waals surface area contributed by atoms with Crippen LogP contribution in [0.25, 0.3) is 0 Å². The molecule has 1 aromatic carbocycles. The second kappa shape index (κ2) is 7.02. The number of aliphatic hydroxyl groups is 1. The van der Waals surface area contributed by atoms with E-state index in [1.165, 1.54) is 17.7 Å². The number of amides is 1. The summed E-state index contributed by atoms with van der Waals surface area (Å²) in [6, 6.07) is 5.96.